The average Bonchev–Trinajstić information content (AvgIpc) is 2.77. The Morgan fingerprint density at radius 2 is 1.60 bits per heavy atom. The summed E-state index contributed by atoms with van der Waals surface area (Å²) in [5, 5.41) is 2.64. The molecular formula is C20H24N2O7S. The van der Waals surface area contributed by atoms with Gasteiger partial charge in [-0.1, -0.05) is 12.1 Å². The number of anilines is 2. The molecule has 2 aromatic carbocycles. The van der Waals surface area contributed by atoms with Crippen LogP contribution in [0.25, 0.3) is 0 Å². The molecule has 0 atom stereocenters. The summed E-state index contributed by atoms with van der Waals surface area (Å²) >= 11 is 0. The monoisotopic (exact) mass is 436 g/mol. The standard InChI is InChI=1S/C20H24N2O7S/c1-6-30(25,26)22(2)16-12-18(28-4)17(27-3)11-14(16)19(23)21-15-10-8-7-9-13(15)20(24)29-5/h7-12H,6H2,1-5H3,(H,21,23). The topological polar surface area (TPSA) is 111 Å². The summed E-state index contributed by atoms with van der Waals surface area (Å²) in [6.07, 6.45) is 0. The van der Waals surface area contributed by atoms with E-state index < -0.39 is 21.9 Å². The zero-order chi connectivity index (χ0) is 22.5. The minimum absolute atomic E-state index is 0.0202. The lowest BCUT2D eigenvalue weighted by Gasteiger charge is -2.23. The molecule has 2 aromatic rings. The Balaban J connectivity index is 2.60. The van der Waals surface area contributed by atoms with E-state index in [4.69, 9.17) is 14.2 Å². The molecular weight excluding hydrogens is 412 g/mol. The van der Waals surface area contributed by atoms with E-state index in [2.05, 4.69) is 5.32 Å². The molecule has 1 amide bonds. The van der Waals surface area contributed by atoms with Gasteiger partial charge in [0.2, 0.25) is 10.0 Å². The summed E-state index contributed by atoms with van der Waals surface area (Å²) in [7, 11) is 1.72. The van der Waals surface area contributed by atoms with Crippen LogP contribution in [0.3, 0.4) is 0 Å². The summed E-state index contributed by atoms with van der Waals surface area (Å²) in [4.78, 5) is 25.1. The van der Waals surface area contributed by atoms with Crippen LogP contribution in [-0.4, -0.2) is 54.4 Å². The molecule has 0 unspecified atom stereocenters. The van der Waals surface area contributed by atoms with Gasteiger partial charge in [-0.25, -0.2) is 13.2 Å². The summed E-state index contributed by atoms with van der Waals surface area (Å²) in [5.74, 6) is -0.916. The molecule has 30 heavy (non-hydrogen) atoms. The minimum Gasteiger partial charge on any atom is -0.493 e. The first-order valence-corrected chi connectivity index (χ1v) is 10.5. The zero-order valence-corrected chi connectivity index (χ0v) is 18.2. The average molecular weight is 436 g/mol. The van der Waals surface area contributed by atoms with Crippen molar-refractivity contribution < 1.29 is 32.2 Å². The van der Waals surface area contributed by atoms with Gasteiger partial charge in [-0.05, 0) is 25.1 Å². The number of benzene rings is 2. The van der Waals surface area contributed by atoms with Crippen molar-refractivity contribution in [2.24, 2.45) is 0 Å². The number of hydrogen-bond acceptors (Lipinski definition) is 7. The van der Waals surface area contributed by atoms with Crippen molar-refractivity contribution in [2.45, 2.75) is 6.92 Å². The van der Waals surface area contributed by atoms with Crippen molar-refractivity contribution >= 4 is 33.3 Å². The van der Waals surface area contributed by atoms with Gasteiger partial charge in [-0.3, -0.25) is 9.10 Å². The number of hydrogen-bond donors (Lipinski definition) is 1. The van der Waals surface area contributed by atoms with Crippen molar-refractivity contribution in [2.75, 3.05) is 43.8 Å². The van der Waals surface area contributed by atoms with Gasteiger partial charge in [0.1, 0.15) is 0 Å². The SMILES string of the molecule is CCS(=O)(=O)N(C)c1cc(OC)c(OC)cc1C(=O)Nc1ccccc1C(=O)OC. The van der Waals surface area contributed by atoms with E-state index in [0.717, 1.165) is 4.31 Å². The molecule has 9 nitrogen and oxygen atoms in total. The molecule has 0 aliphatic rings. The first-order valence-electron chi connectivity index (χ1n) is 8.91. The zero-order valence-electron chi connectivity index (χ0n) is 17.4. The number of nitrogens with one attached hydrogen (secondary N) is 1. The lowest BCUT2D eigenvalue weighted by Crippen LogP contribution is -2.30. The van der Waals surface area contributed by atoms with Crippen LogP contribution in [0.5, 0.6) is 11.5 Å². The number of para-hydroxylation sites is 1. The lowest BCUT2D eigenvalue weighted by molar-refractivity contribution is 0.0602. The molecule has 1 N–H and O–H groups in total. The molecule has 0 fully saturated rings. The van der Waals surface area contributed by atoms with E-state index >= 15 is 0 Å². The van der Waals surface area contributed by atoms with Gasteiger partial charge >= 0.3 is 5.97 Å². The second-order valence-corrected chi connectivity index (χ2v) is 8.37. The third-order valence-electron chi connectivity index (χ3n) is 4.45. The fraction of sp³-hybridized carbons (Fsp3) is 0.300. The molecule has 0 saturated carbocycles. The number of carbonyl (C=O) groups excluding carboxylic acids is 2. The molecule has 0 heterocycles. The maximum atomic E-state index is 13.1. The minimum atomic E-state index is -3.67. The highest BCUT2D eigenvalue weighted by Gasteiger charge is 2.26. The fourth-order valence-corrected chi connectivity index (χ4v) is 3.56. The molecule has 10 heteroatoms. The number of ether oxygens (including phenoxy) is 3. The molecule has 0 bridgehead atoms. The highest BCUT2D eigenvalue weighted by Crippen LogP contribution is 2.36. The molecule has 0 radical (unpaired) electrons. The Morgan fingerprint density at radius 3 is 2.17 bits per heavy atom. The van der Waals surface area contributed by atoms with E-state index in [1.54, 1.807) is 12.1 Å². The van der Waals surface area contributed by atoms with Crippen LogP contribution in [0, 0.1) is 0 Å². The number of amides is 1. The van der Waals surface area contributed by atoms with Crippen molar-refractivity contribution in [1.29, 1.82) is 0 Å². The molecule has 0 spiro atoms. The van der Waals surface area contributed by atoms with Gasteiger partial charge < -0.3 is 19.5 Å². The van der Waals surface area contributed by atoms with Crippen LogP contribution in [0.4, 0.5) is 11.4 Å². The maximum absolute atomic E-state index is 13.1. The van der Waals surface area contributed by atoms with Crippen LogP contribution in [0.1, 0.15) is 27.6 Å². The summed E-state index contributed by atoms with van der Waals surface area (Å²) in [6, 6.07) is 9.11. The molecule has 0 aliphatic carbocycles. The van der Waals surface area contributed by atoms with E-state index in [-0.39, 0.29) is 39.8 Å². The van der Waals surface area contributed by atoms with E-state index in [9.17, 15) is 18.0 Å². The van der Waals surface area contributed by atoms with E-state index in [1.807, 2.05) is 0 Å². The third kappa shape index (κ3) is 4.65. The number of methoxy groups -OCH3 is 3. The van der Waals surface area contributed by atoms with Crippen molar-refractivity contribution in [3.8, 4) is 11.5 Å². The van der Waals surface area contributed by atoms with Crippen LogP contribution < -0.4 is 19.1 Å². The number of sulfonamides is 1. The molecule has 0 saturated heterocycles. The second-order valence-electron chi connectivity index (χ2n) is 6.08. The van der Waals surface area contributed by atoms with E-state index in [1.165, 1.54) is 59.6 Å². The van der Waals surface area contributed by atoms with E-state index in [0.29, 0.717) is 0 Å². The van der Waals surface area contributed by atoms with Crippen LogP contribution in [0.2, 0.25) is 0 Å². The molecule has 0 aliphatic heterocycles. The Kier molecular flexibility index (Phi) is 7.28. The maximum Gasteiger partial charge on any atom is 0.339 e. The fourth-order valence-electron chi connectivity index (χ4n) is 2.72. The van der Waals surface area contributed by atoms with Crippen molar-refractivity contribution in [1.82, 2.24) is 0 Å². The van der Waals surface area contributed by atoms with Gasteiger partial charge in [0.15, 0.2) is 11.5 Å². The van der Waals surface area contributed by atoms with Gasteiger partial charge in [0.25, 0.3) is 5.91 Å². The Bertz CT molecular complexity index is 1050. The van der Waals surface area contributed by atoms with Crippen molar-refractivity contribution in [3.63, 3.8) is 0 Å². The van der Waals surface area contributed by atoms with Crippen LogP contribution in [-0.2, 0) is 14.8 Å². The lowest BCUT2D eigenvalue weighted by atomic mass is 10.1. The first kappa shape index (κ1) is 23.0. The number of rotatable bonds is 8. The first-order chi connectivity index (χ1) is 14.2. The number of nitrogens with zero attached hydrogens (tertiary/aromatic N) is 1. The second kappa shape index (κ2) is 9.49. The normalized spacial score (nSPS) is 10.8. The van der Waals surface area contributed by atoms with Crippen LogP contribution in [0.15, 0.2) is 36.4 Å². The third-order valence-corrected chi connectivity index (χ3v) is 6.21. The number of carbonyl (C=O) groups is 2. The van der Waals surface area contributed by atoms with Gasteiger partial charge in [0.05, 0.1) is 49.6 Å². The molecule has 0 aromatic heterocycles. The highest BCUT2D eigenvalue weighted by molar-refractivity contribution is 7.92. The van der Waals surface area contributed by atoms with Crippen LogP contribution >= 0.6 is 0 Å². The summed E-state index contributed by atoms with van der Waals surface area (Å²) < 4.78 is 41.1. The Morgan fingerprint density at radius 1 is 1.00 bits per heavy atom. The predicted molar refractivity (Wildman–Crippen MR) is 113 cm³/mol. The van der Waals surface area contributed by atoms with Gasteiger partial charge in [-0.2, -0.15) is 0 Å². The Labute approximate surface area is 175 Å². The molecule has 162 valence electrons. The quantitative estimate of drug-likeness (QED) is 0.633. The largest absolute Gasteiger partial charge is 0.493 e. The highest BCUT2D eigenvalue weighted by atomic mass is 32.2. The molecule has 2 rings (SSSR count). The number of esters is 1. The smallest absolute Gasteiger partial charge is 0.339 e. The predicted octanol–water partition coefficient (Wildman–Crippen LogP) is 2.53. The van der Waals surface area contributed by atoms with Crippen molar-refractivity contribution in [3.05, 3.63) is 47.5 Å². The summed E-state index contributed by atoms with van der Waals surface area (Å²) in [5.41, 5.74) is 0.496. The van der Waals surface area contributed by atoms with Gasteiger partial charge in [-0.15, -0.1) is 0 Å². The Hall–Kier alpha value is -3.27. The van der Waals surface area contributed by atoms with Gasteiger partial charge in [0, 0.05) is 13.1 Å². The summed E-state index contributed by atoms with van der Waals surface area (Å²) in [6.45, 7) is 1.50.